The van der Waals surface area contributed by atoms with Gasteiger partial charge in [-0.1, -0.05) is 6.07 Å². The Hall–Kier alpha value is -1.13. The van der Waals surface area contributed by atoms with Crippen LogP contribution < -0.4 is 10.9 Å². The Morgan fingerprint density at radius 3 is 2.65 bits per heavy atom. The third-order valence-corrected chi connectivity index (χ3v) is 4.02. The van der Waals surface area contributed by atoms with Crippen LogP contribution in [0.5, 0.6) is 0 Å². The van der Waals surface area contributed by atoms with Gasteiger partial charge in [0.2, 0.25) is 0 Å². The first-order valence-electron chi connectivity index (χ1n) is 6.41. The lowest BCUT2D eigenvalue weighted by Crippen LogP contribution is -2.31. The Bertz CT molecular complexity index is 430. The van der Waals surface area contributed by atoms with Gasteiger partial charge < -0.3 is 14.8 Å². The molecule has 1 aromatic heterocycles. The van der Waals surface area contributed by atoms with Crippen molar-refractivity contribution >= 4 is 0 Å². The van der Waals surface area contributed by atoms with Gasteiger partial charge >= 0.3 is 0 Å². The van der Waals surface area contributed by atoms with Crippen LogP contribution in [0.4, 0.5) is 0 Å². The number of aromatic nitrogens is 1. The van der Waals surface area contributed by atoms with Crippen molar-refractivity contribution in [3.8, 4) is 0 Å². The summed E-state index contributed by atoms with van der Waals surface area (Å²) in [7, 11) is 0. The SMILES string of the molecule is O=c1ccccn1CCN1CC2CNCC2C1. The van der Waals surface area contributed by atoms with Crippen molar-refractivity contribution in [1.29, 1.82) is 0 Å². The number of hydrogen-bond acceptors (Lipinski definition) is 3. The zero-order valence-electron chi connectivity index (χ0n) is 10.0. The van der Waals surface area contributed by atoms with E-state index in [9.17, 15) is 4.79 Å². The van der Waals surface area contributed by atoms with E-state index in [4.69, 9.17) is 0 Å². The molecule has 0 aromatic carbocycles. The molecule has 2 saturated heterocycles. The third-order valence-electron chi connectivity index (χ3n) is 4.02. The first kappa shape index (κ1) is 11.0. The Morgan fingerprint density at radius 1 is 1.18 bits per heavy atom. The molecular weight excluding hydrogens is 214 g/mol. The van der Waals surface area contributed by atoms with Crippen LogP contribution in [0.3, 0.4) is 0 Å². The summed E-state index contributed by atoms with van der Waals surface area (Å²) < 4.78 is 1.80. The Kier molecular flexibility index (Phi) is 2.99. The number of pyridine rings is 1. The largest absolute Gasteiger partial charge is 0.316 e. The number of rotatable bonds is 3. The van der Waals surface area contributed by atoms with Gasteiger partial charge in [-0.25, -0.2) is 0 Å². The first-order chi connectivity index (χ1) is 8.33. The molecule has 1 N–H and O–H groups in total. The molecule has 2 unspecified atom stereocenters. The van der Waals surface area contributed by atoms with Crippen LogP contribution in [0.25, 0.3) is 0 Å². The van der Waals surface area contributed by atoms with Crippen LogP contribution in [-0.2, 0) is 6.54 Å². The van der Waals surface area contributed by atoms with E-state index in [0.29, 0.717) is 0 Å². The van der Waals surface area contributed by atoms with Gasteiger partial charge in [-0.3, -0.25) is 4.79 Å². The second-order valence-electron chi connectivity index (χ2n) is 5.17. The van der Waals surface area contributed by atoms with Crippen molar-refractivity contribution in [2.45, 2.75) is 6.54 Å². The number of nitrogens with zero attached hydrogens (tertiary/aromatic N) is 2. The molecule has 0 bridgehead atoms. The maximum absolute atomic E-state index is 11.6. The minimum absolute atomic E-state index is 0.105. The maximum Gasteiger partial charge on any atom is 0.250 e. The number of likely N-dealkylation sites (tertiary alicyclic amines) is 1. The minimum atomic E-state index is 0.105. The highest BCUT2D eigenvalue weighted by Crippen LogP contribution is 2.25. The minimum Gasteiger partial charge on any atom is -0.316 e. The van der Waals surface area contributed by atoms with E-state index in [1.165, 1.54) is 26.2 Å². The van der Waals surface area contributed by atoms with Crippen molar-refractivity contribution in [1.82, 2.24) is 14.8 Å². The Labute approximate surface area is 101 Å². The molecule has 17 heavy (non-hydrogen) atoms. The van der Waals surface area contributed by atoms with E-state index in [1.807, 2.05) is 12.3 Å². The molecule has 3 rings (SSSR count). The fourth-order valence-electron chi connectivity index (χ4n) is 3.03. The first-order valence-corrected chi connectivity index (χ1v) is 6.41. The summed E-state index contributed by atoms with van der Waals surface area (Å²) in [4.78, 5) is 14.1. The van der Waals surface area contributed by atoms with Gasteiger partial charge in [0.05, 0.1) is 0 Å². The summed E-state index contributed by atoms with van der Waals surface area (Å²) in [5.74, 6) is 1.67. The van der Waals surface area contributed by atoms with Gasteiger partial charge in [0, 0.05) is 38.4 Å². The van der Waals surface area contributed by atoms with Gasteiger partial charge in [-0.05, 0) is 31.0 Å². The number of fused-ring (bicyclic) bond motifs is 1. The van der Waals surface area contributed by atoms with Gasteiger partial charge in [0.15, 0.2) is 0 Å². The molecule has 4 heteroatoms. The van der Waals surface area contributed by atoms with E-state index in [1.54, 1.807) is 16.7 Å². The van der Waals surface area contributed by atoms with E-state index in [2.05, 4.69) is 10.2 Å². The zero-order chi connectivity index (χ0) is 11.7. The summed E-state index contributed by atoms with van der Waals surface area (Å²) in [6.45, 7) is 6.54. The van der Waals surface area contributed by atoms with Crippen molar-refractivity contribution < 1.29 is 0 Å². The fourth-order valence-corrected chi connectivity index (χ4v) is 3.03. The average Bonchev–Trinajstić information content (AvgIpc) is 2.88. The van der Waals surface area contributed by atoms with Gasteiger partial charge in [0.1, 0.15) is 0 Å². The lowest BCUT2D eigenvalue weighted by molar-refractivity contribution is 0.298. The Morgan fingerprint density at radius 2 is 1.94 bits per heavy atom. The molecular formula is C13H19N3O. The molecule has 3 heterocycles. The topological polar surface area (TPSA) is 37.3 Å². The molecule has 0 aliphatic carbocycles. The van der Waals surface area contributed by atoms with E-state index >= 15 is 0 Å². The molecule has 0 saturated carbocycles. The average molecular weight is 233 g/mol. The summed E-state index contributed by atoms with van der Waals surface area (Å²) in [6.07, 6.45) is 1.88. The Balaban J connectivity index is 1.56. The molecule has 2 aliphatic rings. The molecule has 2 aliphatic heterocycles. The zero-order valence-corrected chi connectivity index (χ0v) is 10.0. The molecule has 2 atom stereocenters. The lowest BCUT2D eigenvalue weighted by Gasteiger charge is -2.17. The predicted octanol–water partition coefficient (Wildman–Crippen LogP) is -0.000500. The van der Waals surface area contributed by atoms with Crippen LogP contribution in [0, 0.1) is 11.8 Å². The molecule has 0 amide bonds. The van der Waals surface area contributed by atoms with Gasteiger partial charge in [0.25, 0.3) is 5.56 Å². The number of nitrogens with one attached hydrogen (secondary N) is 1. The second-order valence-corrected chi connectivity index (χ2v) is 5.17. The third kappa shape index (κ3) is 2.28. The quantitative estimate of drug-likeness (QED) is 0.798. The second kappa shape index (κ2) is 4.63. The van der Waals surface area contributed by atoms with Crippen LogP contribution in [0.2, 0.25) is 0 Å². The van der Waals surface area contributed by atoms with Gasteiger partial charge in [-0.2, -0.15) is 0 Å². The van der Waals surface area contributed by atoms with Crippen LogP contribution >= 0.6 is 0 Å². The fraction of sp³-hybridized carbons (Fsp3) is 0.615. The molecule has 2 fully saturated rings. The summed E-state index contributed by atoms with van der Waals surface area (Å²) in [6, 6.07) is 5.34. The van der Waals surface area contributed by atoms with E-state index < -0.39 is 0 Å². The molecule has 92 valence electrons. The lowest BCUT2D eigenvalue weighted by atomic mass is 10.0. The van der Waals surface area contributed by atoms with Crippen molar-refractivity contribution in [2.24, 2.45) is 11.8 Å². The van der Waals surface area contributed by atoms with E-state index in [-0.39, 0.29) is 5.56 Å². The predicted molar refractivity (Wildman–Crippen MR) is 67.0 cm³/mol. The van der Waals surface area contributed by atoms with Crippen molar-refractivity contribution in [2.75, 3.05) is 32.7 Å². The highest BCUT2D eigenvalue weighted by molar-refractivity contribution is 4.94. The van der Waals surface area contributed by atoms with Crippen LogP contribution in [0.15, 0.2) is 29.2 Å². The molecule has 4 nitrogen and oxygen atoms in total. The van der Waals surface area contributed by atoms with Gasteiger partial charge in [-0.15, -0.1) is 0 Å². The highest BCUT2D eigenvalue weighted by atomic mass is 16.1. The summed E-state index contributed by atoms with van der Waals surface area (Å²) in [5.41, 5.74) is 0.105. The maximum atomic E-state index is 11.6. The summed E-state index contributed by atoms with van der Waals surface area (Å²) >= 11 is 0. The standard InChI is InChI=1S/C13H19N3O/c17-13-3-1-2-4-16(13)6-5-15-9-11-7-14-8-12(11)10-15/h1-4,11-12,14H,5-10H2. The number of hydrogen-bond donors (Lipinski definition) is 1. The van der Waals surface area contributed by atoms with Crippen molar-refractivity contribution in [3.05, 3.63) is 34.7 Å². The molecule has 0 spiro atoms. The normalized spacial score (nSPS) is 28.5. The van der Waals surface area contributed by atoms with Crippen LogP contribution in [-0.4, -0.2) is 42.2 Å². The van der Waals surface area contributed by atoms with E-state index in [0.717, 1.165) is 24.9 Å². The smallest absolute Gasteiger partial charge is 0.250 e. The molecule has 1 aromatic rings. The summed E-state index contributed by atoms with van der Waals surface area (Å²) in [5, 5.41) is 3.45. The van der Waals surface area contributed by atoms with Crippen LogP contribution in [0.1, 0.15) is 0 Å². The monoisotopic (exact) mass is 233 g/mol. The highest BCUT2D eigenvalue weighted by Gasteiger charge is 2.35. The molecule has 0 radical (unpaired) electrons. The van der Waals surface area contributed by atoms with Crippen molar-refractivity contribution in [3.63, 3.8) is 0 Å².